The van der Waals surface area contributed by atoms with Gasteiger partial charge in [0, 0.05) is 60.8 Å². The van der Waals surface area contributed by atoms with Gasteiger partial charge in [-0.1, -0.05) is 139 Å². The molecule has 2 aliphatic carbocycles. The van der Waals surface area contributed by atoms with Crippen LogP contribution in [-0.2, 0) is 16.6 Å². The van der Waals surface area contributed by atoms with Crippen LogP contribution in [0.15, 0.2) is 127 Å². The fourth-order valence-electron chi connectivity index (χ4n) is 7.00. The number of allylic oxidation sites excluding steroid dienone is 10. The summed E-state index contributed by atoms with van der Waals surface area (Å²) >= 11 is 7.48. The standard InChI is InChI=1S/C47H53Br2NO2/c1-44(2,3)34-24-30(25-35(42(34)51)45(4,5)6)40(28-16-14-18-32(48)22-28)38-20-21-39(50(38)13)41(29-17-15-19-33(49)23-29)31-26-36(46(7,8)9)43(52)37(27-31)47(10,11)12/h14-27H,1-13H3. The van der Waals surface area contributed by atoms with Gasteiger partial charge >= 0.3 is 0 Å². The largest absolute Gasteiger partial charge is 0.344 e. The van der Waals surface area contributed by atoms with E-state index < -0.39 is 0 Å². The van der Waals surface area contributed by atoms with Crippen LogP contribution in [0.25, 0.3) is 11.1 Å². The zero-order valence-corrected chi connectivity index (χ0v) is 36.3. The summed E-state index contributed by atoms with van der Waals surface area (Å²) in [4.78, 5) is 28.1. The SMILES string of the molecule is Cn1c(C(=C2C=C(C(C)(C)C)C(=O)C(C(C)(C)C)=C2)c2cccc(Br)c2)ccc1C(=C1C=C(C(C)(C)C)C(=O)C(C(C)(C)C)=C1)c1cccc(Br)c1. The number of carbonyl (C=O) groups excluding carboxylic acids is 2. The highest BCUT2D eigenvalue weighted by atomic mass is 79.9. The molecule has 0 saturated heterocycles. The quantitative estimate of drug-likeness (QED) is 0.263. The molecule has 2 aromatic carbocycles. The smallest absolute Gasteiger partial charge is 0.186 e. The van der Waals surface area contributed by atoms with Gasteiger partial charge in [-0.25, -0.2) is 0 Å². The molecule has 272 valence electrons. The maximum absolute atomic E-state index is 14.0. The van der Waals surface area contributed by atoms with E-state index in [2.05, 4.69) is 199 Å². The fourth-order valence-corrected chi connectivity index (χ4v) is 7.80. The van der Waals surface area contributed by atoms with E-state index in [-0.39, 0.29) is 33.2 Å². The number of hydrogen-bond donors (Lipinski definition) is 0. The topological polar surface area (TPSA) is 39.1 Å². The van der Waals surface area contributed by atoms with Crippen molar-refractivity contribution in [2.75, 3.05) is 0 Å². The van der Waals surface area contributed by atoms with E-state index in [4.69, 9.17) is 0 Å². The van der Waals surface area contributed by atoms with Gasteiger partial charge in [-0.05, 0) is 105 Å². The lowest BCUT2D eigenvalue weighted by Crippen LogP contribution is -2.28. The van der Waals surface area contributed by atoms with Crippen molar-refractivity contribution in [3.8, 4) is 0 Å². The molecule has 52 heavy (non-hydrogen) atoms. The molecule has 0 atom stereocenters. The molecule has 0 amide bonds. The van der Waals surface area contributed by atoms with Crippen LogP contribution in [0, 0.1) is 21.7 Å². The summed E-state index contributed by atoms with van der Waals surface area (Å²) in [7, 11) is 2.12. The number of hydrogen-bond acceptors (Lipinski definition) is 2. The molecule has 1 heterocycles. The Balaban J connectivity index is 1.93. The highest BCUT2D eigenvalue weighted by Crippen LogP contribution is 2.45. The summed E-state index contributed by atoms with van der Waals surface area (Å²) < 4.78 is 4.23. The molecule has 3 aromatic rings. The lowest BCUT2D eigenvalue weighted by molar-refractivity contribution is -0.114. The van der Waals surface area contributed by atoms with E-state index in [0.717, 1.165) is 76.0 Å². The Bertz CT molecular complexity index is 1940. The molecular weight excluding hydrogens is 770 g/mol. The van der Waals surface area contributed by atoms with Gasteiger partial charge in [0.05, 0.1) is 0 Å². The average molecular weight is 824 g/mol. The third kappa shape index (κ3) is 8.01. The van der Waals surface area contributed by atoms with Crippen LogP contribution in [0.3, 0.4) is 0 Å². The monoisotopic (exact) mass is 821 g/mol. The van der Waals surface area contributed by atoms with Gasteiger partial charge in [0.25, 0.3) is 0 Å². The number of ketones is 2. The molecule has 0 spiro atoms. The minimum Gasteiger partial charge on any atom is -0.344 e. The molecule has 3 nitrogen and oxygen atoms in total. The second-order valence-corrected chi connectivity index (χ2v) is 20.1. The van der Waals surface area contributed by atoms with Gasteiger partial charge in [-0.3, -0.25) is 9.59 Å². The Labute approximate surface area is 328 Å². The number of rotatable bonds is 4. The van der Waals surface area contributed by atoms with Crippen LogP contribution >= 0.6 is 31.9 Å². The van der Waals surface area contributed by atoms with Crippen molar-refractivity contribution in [1.29, 1.82) is 0 Å². The highest BCUT2D eigenvalue weighted by Gasteiger charge is 2.37. The number of aromatic nitrogens is 1. The van der Waals surface area contributed by atoms with Crippen molar-refractivity contribution < 1.29 is 9.59 Å². The predicted molar refractivity (Wildman–Crippen MR) is 226 cm³/mol. The first-order chi connectivity index (χ1) is 23.9. The third-order valence-corrected chi connectivity index (χ3v) is 10.8. The number of Topliss-reactive ketones (excluding diaryl/α,β-unsaturated/α-hetero) is 2. The maximum atomic E-state index is 14.0. The van der Waals surface area contributed by atoms with E-state index in [9.17, 15) is 9.59 Å². The Morgan fingerprint density at radius 3 is 1.02 bits per heavy atom. The fraction of sp³-hybridized carbons (Fsp3) is 0.362. The van der Waals surface area contributed by atoms with Crippen molar-refractivity contribution >= 4 is 54.6 Å². The normalized spacial score (nSPS) is 16.1. The third-order valence-electron chi connectivity index (χ3n) is 9.85. The highest BCUT2D eigenvalue weighted by molar-refractivity contribution is 9.10. The second kappa shape index (κ2) is 14.0. The molecule has 0 unspecified atom stereocenters. The van der Waals surface area contributed by atoms with Crippen LogP contribution in [0.4, 0.5) is 0 Å². The van der Waals surface area contributed by atoms with E-state index in [1.165, 1.54) is 0 Å². The van der Waals surface area contributed by atoms with Gasteiger partial charge in [0.2, 0.25) is 0 Å². The Kier molecular flexibility index (Phi) is 10.7. The predicted octanol–water partition coefficient (Wildman–Crippen LogP) is 13.2. The van der Waals surface area contributed by atoms with Crippen molar-refractivity contribution in [3.63, 3.8) is 0 Å². The van der Waals surface area contributed by atoms with Crippen LogP contribution < -0.4 is 0 Å². The first-order valence-corrected chi connectivity index (χ1v) is 19.6. The Morgan fingerprint density at radius 1 is 0.481 bits per heavy atom. The summed E-state index contributed by atoms with van der Waals surface area (Å²) in [5, 5.41) is 0. The van der Waals surface area contributed by atoms with Crippen LogP contribution in [0.5, 0.6) is 0 Å². The van der Waals surface area contributed by atoms with Crippen LogP contribution in [-0.4, -0.2) is 16.1 Å². The lowest BCUT2D eigenvalue weighted by Gasteiger charge is -2.32. The molecule has 0 fully saturated rings. The molecule has 0 bridgehead atoms. The average Bonchev–Trinajstić information content (AvgIpc) is 3.36. The molecule has 0 aliphatic heterocycles. The molecule has 0 saturated carbocycles. The molecule has 0 radical (unpaired) electrons. The summed E-state index contributed by atoms with van der Waals surface area (Å²) in [6.45, 7) is 25.4. The van der Waals surface area contributed by atoms with Crippen LogP contribution in [0.2, 0.25) is 0 Å². The van der Waals surface area contributed by atoms with Crippen molar-refractivity contribution in [2.45, 2.75) is 83.1 Å². The summed E-state index contributed by atoms with van der Waals surface area (Å²) in [5.74, 6) is 0.225. The summed E-state index contributed by atoms with van der Waals surface area (Å²) in [6, 6.07) is 21.2. The first-order valence-electron chi connectivity index (χ1n) is 18.0. The molecule has 5 rings (SSSR count). The molecule has 2 aliphatic rings. The molecule has 5 heteroatoms. The number of halogens is 2. The minimum absolute atomic E-state index is 0.112. The maximum Gasteiger partial charge on any atom is 0.186 e. The molecule has 1 aromatic heterocycles. The summed E-state index contributed by atoms with van der Waals surface area (Å²) in [6.07, 6.45) is 8.43. The van der Waals surface area contributed by atoms with Crippen molar-refractivity contribution in [3.05, 3.63) is 150 Å². The minimum atomic E-state index is -0.347. The number of nitrogens with zero attached hydrogens (tertiary/aromatic N) is 1. The summed E-state index contributed by atoms with van der Waals surface area (Å²) in [5.41, 5.74) is 10.1. The van der Waals surface area contributed by atoms with Crippen LogP contribution in [0.1, 0.15) is 106 Å². The first kappa shape index (κ1) is 39.7. The van der Waals surface area contributed by atoms with Gasteiger partial charge in [0.1, 0.15) is 0 Å². The number of benzene rings is 2. The van der Waals surface area contributed by atoms with Crippen molar-refractivity contribution in [2.24, 2.45) is 28.7 Å². The lowest BCUT2D eigenvalue weighted by atomic mass is 9.71. The number of carbonyl (C=O) groups is 2. The zero-order valence-electron chi connectivity index (χ0n) is 33.1. The van der Waals surface area contributed by atoms with E-state index in [1.54, 1.807) is 0 Å². The van der Waals surface area contributed by atoms with Gasteiger partial charge in [-0.2, -0.15) is 0 Å². The molecular formula is C47H53Br2NO2. The van der Waals surface area contributed by atoms with Gasteiger partial charge in [0.15, 0.2) is 11.6 Å². The van der Waals surface area contributed by atoms with Gasteiger partial charge in [-0.15, -0.1) is 0 Å². The van der Waals surface area contributed by atoms with Crippen molar-refractivity contribution in [1.82, 2.24) is 4.57 Å². The van der Waals surface area contributed by atoms with E-state index in [1.807, 2.05) is 12.1 Å². The molecule has 0 N–H and O–H groups in total. The van der Waals surface area contributed by atoms with E-state index >= 15 is 0 Å². The Morgan fingerprint density at radius 2 is 0.769 bits per heavy atom. The van der Waals surface area contributed by atoms with E-state index in [0.29, 0.717) is 0 Å². The van der Waals surface area contributed by atoms with Gasteiger partial charge < -0.3 is 4.57 Å². The zero-order chi connectivity index (χ0) is 38.7. The second-order valence-electron chi connectivity index (χ2n) is 18.2. The Hall–Kier alpha value is -3.54.